The van der Waals surface area contributed by atoms with Gasteiger partial charge in [0.2, 0.25) is 0 Å². The molecule has 0 saturated carbocycles. The third-order valence-electron chi connectivity index (χ3n) is 3.20. The lowest BCUT2D eigenvalue weighted by atomic mass is 9.89. The summed E-state index contributed by atoms with van der Waals surface area (Å²) in [7, 11) is 3.56. The number of nitrogens with zero attached hydrogens (tertiary/aromatic N) is 1. The highest BCUT2D eigenvalue weighted by Crippen LogP contribution is 2.31. The molecule has 1 N–H and O–H groups in total. The van der Waals surface area contributed by atoms with Gasteiger partial charge in [0.05, 0.1) is 18.2 Å². The molecule has 0 radical (unpaired) electrons. The topological polar surface area (TPSA) is 49.8 Å². The molecular formula is C14H20BrNO3. The number of hydrogen-bond donors (Lipinski definition) is 1. The van der Waals surface area contributed by atoms with Gasteiger partial charge in [-0.1, -0.05) is 15.9 Å². The SMILES string of the molecule is COc1ccc(Br)cc1N(C)CCC(C)(C)C(=O)O. The Hall–Kier alpha value is -1.23. The Labute approximate surface area is 122 Å². The van der Waals surface area contributed by atoms with E-state index in [0.717, 1.165) is 15.9 Å². The second kappa shape index (κ2) is 6.28. The zero-order valence-electron chi connectivity index (χ0n) is 11.7. The van der Waals surface area contributed by atoms with E-state index in [0.29, 0.717) is 13.0 Å². The van der Waals surface area contributed by atoms with E-state index in [4.69, 9.17) is 9.84 Å². The molecule has 106 valence electrons. The summed E-state index contributed by atoms with van der Waals surface area (Å²) in [6.45, 7) is 4.12. The number of aliphatic carboxylic acids is 1. The standard InChI is InChI=1S/C14H20BrNO3/c1-14(2,13(17)18)7-8-16(3)11-9-10(15)5-6-12(11)19-4/h5-6,9H,7-8H2,1-4H3,(H,17,18). The van der Waals surface area contributed by atoms with E-state index in [1.54, 1.807) is 21.0 Å². The van der Waals surface area contributed by atoms with Crippen molar-refractivity contribution in [1.29, 1.82) is 0 Å². The van der Waals surface area contributed by atoms with Gasteiger partial charge in [0.15, 0.2) is 0 Å². The van der Waals surface area contributed by atoms with Crippen molar-refractivity contribution >= 4 is 27.6 Å². The summed E-state index contributed by atoms with van der Waals surface area (Å²) >= 11 is 3.43. The summed E-state index contributed by atoms with van der Waals surface area (Å²) in [5, 5.41) is 9.12. The monoisotopic (exact) mass is 329 g/mol. The first kappa shape index (κ1) is 15.8. The van der Waals surface area contributed by atoms with Crippen LogP contribution in [0.15, 0.2) is 22.7 Å². The number of anilines is 1. The Morgan fingerprint density at radius 1 is 1.47 bits per heavy atom. The molecule has 0 bridgehead atoms. The van der Waals surface area contributed by atoms with Gasteiger partial charge in [-0.2, -0.15) is 0 Å². The average Bonchev–Trinajstić information content (AvgIpc) is 2.35. The first-order chi connectivity index (χ1) is 8.77. The normalized spacial score (nSPS) is 11.2. The fourth-order valence-electron chi connectivity index (χ4n) is 1.64. The zero-order valence-corrected chi connectivity index (χ0v) is 13.3. The number of carbonyl (C=O) groups is 1. The van der Waals surface area contributed by atoms with E-state index in [1.807, 2.05) is 30.1 Å². The van der Waals surface area contributed by atoms with Crippen molar-refractivity contribution in [2.75, 3.05) is 25.6 Å². The molecule has 1 rings (SSSR count). The van der Waals surface area contributed by atoms with Gasteiger partial charge in [0.1, 0.15) is 5.75 Å². The molecule has 19 heavy (non-hydrogen) atoms. The quantitative estimate of drug-likeness (QED) is 0.869. The smallest absolute Gasteiger partial charge is 0.309 e. The number of methoxy groups -OCH3 is 1. The van der Waals surface area contributed by atoms with Crippen molar-refractivity contribution in [2.24, 2.45) is 5.41 Å². The van der Waals surface area contributed by atoms with Gasteiger partial charge in [-0.3, -0.25) is 4.79 Å². The fourth-order valence-corrected chi connectivity index (χ4v) is 1.99. The van der Waals surface area contributed by atoms with Crippen LogP contribution >= 0.6 is 15.9 Å². The summed E-state index contributed by atoms with van der Waals surface area (Å²) in [5.74, 6) is 0.000869. The largest absolute Gasteiger partial charge is 0.495 e. The van der Waals surface area contributed by atoms with Crippen molar-refractivity contribution in [2.45, 2.75) is 20.3 Å². The van der Waals surface area contributed by atoms with E-state index < -0.39 is 11.4 Å². The number of ether oxygens (including phenoxy) is 1. The lowest BCUT2D eigenvalue weighted by molar-refractivity contribution is -0.147. The second-order valence-electron chi connectivity index (χ2n) is 5.18. The van der Waals surface area contributed by atoms with Crippen LogP contribution in [-0.2, 0) is 4.79 Å². The lowest BCUT2D eigenvalue weighted by Crippen LogP contribution is -2.30. The summed E-state index contributed by atoms with van der Waals surface area (Å²) in [5.41, 5.74) is 0.214. The van der Waals surface area contributed by atoms with Gasteiger partial charge in [-0.25, -0.2) is 0 Å². The summed E-state index contributed by atoms with van der Waals surface area (Å²) < 4.78 is 6.29. The van der Waals surface area contributed by atoms with Crippen LogP contribution in [0.25, 0.3) is 0 Å². The van der Waals surface area contributed by atoms with E-state index >= 15 is 0 Å². The van der Waals surface area contributed by atoms with Crippen LogP contribution in [0.5, 0.6) is 5.75 Å². The fraction of sp³-hybridized carbons (Fsp3) is 0.500. The van der Waals surface area contributed by atoms with Gasteiger partial charge < -0.3 is 14.7 Å². The molecule has 0 fully saturated rings. The maximum absolute atomic E-state index is 11.1. The number of benzene rings is 1. The van der Waals surface area contributed by atoms with Crippen LogP contribution in [0.4, 0.5) is 5.69 Å². The molecule has 0 aliphatic rings. The van der Waals surface area contributed by atoms with Crippen LogP contribution in [0.3, 0.4) is 0 Å². The Kier molecular flexibility index (Phi) is 5.23. The van der Waals surface area contributed by atoms with E-state index in [1.165, 1.54) is 0 Å². The summed E-state index contributed by atoms with van der Waals surface area (Å²) in [4.78, 5) is 13.1. The molecule has 5 heteroatoms. The molecule has 0 atom stereocenters. The number of carboxylic acids is 1. The molecule has 4 nitrogen and oxygen atoms in total. The molecule has 0 unspecified atom stereocenters. The number of halogens is 1. The molecular weight excluding hydrogens is 310 g/mol. The van der Waals surface area contributed by atoms with Gasteiger partial charge in [0.25, 0.3) is 0 Å². The third-order valence-corrected chi connectivity index (χ3v) is 3.70. The predicted octanol–water partition coefficient (Wildman–Crippen LogP) is 3.39. The molecule has 0 aliphatic heterocycles. The molecule has 0 heterocycles. The maximum atomic E-state index is 11.1. The van der Waals surface area contributed by atoms with Crippen LogP contribution in [0.1, 0.15) is 20.3 Å². The first-order valence-corrected chi connectivity index (χ1v) is 6.85. The molecule has 1 aromatic rings. The summed E-state index contributed by atoms with van der Waals surface area (Å²) in [6.07, 6.45) is 0.564. The molecule has 0 aliphatic carbocycles. The molecule has 0 saturated heterocycles. The van der Waals surface area contributed by atoms with E-state index in [-0.39, 0.29) is 0 Å². The van der Waals surface area contributed by atoms with E-state index in [2.05, 4.69) is 15.9 Å². The summed E-state index contributed by atoms with van der Waals surface area (Å²) in [6, 6.07) is 5.77. The van der Waals surface area contributed by atoms with Crippen LogP contribution in [0.2, 0.25) is 0 Å². The molecule has 0 aromatic heterocycles. The highest BCUT2D eigenvalue weighted by molar-refractivity contribution is 9.10. The van der Waals surface area contributed by atoms with Gasteiger partial charge in [-0.05, 0) is 38.5 Å². The van der Waals surface area contributed by atoms with Crippen molar-refractivity contribution in [3.05, 3.63) is 22.7 Å². The average molecular weight is 330 g/mol. The van der Waals surface area contributed by atoms with Crippen molar-refractivity contribution in [3.63, 3.8) is 0 Å². The Morgan fingerprint density at radius 3 is 2.63 bits per heavy atom. The van der Waals surface area contributed by atoms with Gasteiger partial charge >= 0.3 is 5.97 Å². The minimum absolute atomic E-state index is 0.564. The highest BCUT2D eigenvalue weighted by atomic mass is 79.9. The highest BCUT2D eigenvalue weighted by Gasteiger charge is 2.27. The minimum Gasteiger partial charge on any atom is -0.495 e. The van der Waals surface area contributed by atoms with Crippen molar-refractivity contribution < 1.29 is 14.6 Å². The van der Waals surface area contributed by atoms with Gasteiger partial charge in [-0.15, -0.1) is 0 Å². The number of hydrogen-bond acceptors (Lipinski definition) is 3. The predicted molar refractivity (Wildman–Crippen MR) is 80.0 cm³/mol. The Morgan fingerprint density at radius 2 is 2.11 bits per heavy atom. The number of rotatable bonds is 6. The first-order valence-electron chi connectivity index (χ1n) is 6.06. The second-order valence-corrected chi connectivity index (χ2v) is 6.09. The van der Waals surface area contributed by atoms with Crippen LogP contribution in [-0.4, -0.2) is 31.8 Å². The van der Waals surface area contributed by atoms with Crippen LogP contribution < -0.4 is 9.64 Å². The molecule has 0 amide bonds. The van der Waals surface area contributed by atoms with Crippen molar-refractivity contribution in [3.8, 4) is 5.75 Å². The maximum Gasteiger partial charge on any atom is 0.309 e. The zero-order chi connectivity index (χ0) is 14.6. The Bertz CT molecular complexity index is 460. The van der Waals surface area contributed by atoms with Crippen LogP contribution in [0, 0.1) is 5.41 Å². The molecule has 1 aromatic carbocycles. The van der Waals surface area contributed by atoms with Crippen molar-refractivity contribution in [1.82, 2.24) is 0 Å². The van der Waals surface area contributed by atoms with E-state index in [9.17, 15) is 4.79 Å². The minimum atomic E-state index is -0.776. The third kappa shape index (κ3) is 4.13. The Balaban J connectivity index is 2.81. The van der Waals surface area contributed by atoms with Gasteiger partial charge in [0, 0.05) is 18.1 Å². The molecule has 0 spiro atoms. The lowest BCUT2D eigenvalue weighted by Gasteiger charge is -2.26. The number of carboxylic acid groups (broad SMARTS) is 1.